The fourth-order valence-electron chi connectivity index (χ4n) is 2.26. The molecule has 5 heteroatoms. The number of nitrogens with two attached hydrogens (primary N) is 1. The van der Waals surface area contributed by atoms with Gasteiger partial charge in [-0.25, -0.2) is 0 Å². The van der Waals surface area contributed by atoms with Crippen molar-refractivity contribution in [1.82, 2.24) is 0 Å². The molecule has 0 bridgehead atoms. The Labute approximate surface area is 100 Å². The van der Waals surface area contributed by atoms with Crippen LogP contribution >= 0.6 is 0 Å². The second-order valence-corrected chi connectivity index (χ2v) is 5.34. The average Bonchev–Trinajstić information content (AvgIpc) is 2.58. The lowest BCUT2D eigenvalue weighted by atomic mass is 9.93. The zero-order chi connectivity index (χ0) is 12.6. The van der Waals surface area contributed by atoms with E-state index < -0.39 is 4.92 Å². The third-order valence-electron chi connectivity index (χ3n) is 3.24. The Morgan fingerprint density at radius 2 is 2.18 bits per heavy atom. The highest BCUT2D eigenvalue weighted by Crippen LogP contribution is 2.36. The van der Waals surface area contributed by atoms with E-state index in [1.807, 2.05) is 0 Å². The van der Waals surface area contributed by atoms with Crippen LogP contribution in [0.4, 0.5) is 17.1 Å². The molecule has 1 aromatic carbocycles. The van der Waals surface area contributed by atoms with Gasteiger partial charge in [0.05, 0.1) is 16.3 Å². The van der Waals surface area contributed by atoms with Crippen LogP contribution in [0.1, 0.15) is 20.3 Å². The molecule has 0 aromatic heterocycles. The lowest BCUT2D eigenvalue weighted by molar-refractivity contribution is -0.384. The molecule has 1 fully saturated rings. The second-order valence-electron chi connectivity index (χ2n) is 5.34. The van der Waals surface area contributed by atoms with E-state index in [0.29, 0.717) is 5.69 Å². The van der Waals surface area contributed by atoms with E-state index in [0.717, 1.165) is 25.2 Å². The standard InChI is InChI=1S/C12H17N3O2/c1-12(2)5-6-14(8-12)11-4-3-9(15(16)17)7-10(11)13/h3-4,7H,5-6,8,13H2,1-2H3. The summed E-state index contributed by atoms with van der Waals surface area (Å²) in [7, 11) is 0. The number of nitrogen functional groups attached to an aromatic ring is 1. The largest absolute Gasteiger partial charge is 0.397 e. The van der Waals surface area contributed by atoms with Gasteiger partial charge in [-0.1, -0.05) is 13.8 Å². The molecule has 0 saturated carbocycles. The van der Waals surface area contributed by atoms with E-state index in [-0.39, 0.29) is 11.1 Å². The molecule has 0 radical (unpaired) electrons. The van der Waals surface area contributed by atoms with Crippen LogP contribution in [0, 0.1) is 15.5 Å². The molecule has 1 saturated heterocycles. The highest BCUT2D eigenvalue weighted by molar-refractivity contribution is 5.71. The molecule has 92 valence electrons. The molecule has 17 heavy (non-hydrogen) atoms. The minimum atomic E-state index is -0.423. The van der Waals surface area contributed by atoms with Gasteiger partial charge in [0.25, 0.3) is 5.69 Å². The number of anilines is 2. The van der Waals surface area contributed by atoms with E-state index in [4.69, 9.17) is 5.73 Å². The number of hydrogen-bond donors (Lipinski definition) is 1. The van der Waals surface area contributed by atoms with E-state index in [2.05, 4.69) is 18.7 Å². The fourth-order valence-corrected chi connectivity index (χ4v) is 2.26. The summed E-state index contributed by atoms with van der Waals surface area (Å²) < 4.78 is 0. The van der Waals surface area contributed by atoms with Crippen molar-refractivity contribution in [3.05, 3.63) is 28.3 Å². The molecule has 0 aliphatic carbocycles. The smallest absolute Gasteiger partial charge is 0.271 e. The lowest BCUT2D eigenvalue weighted by Crippen LogP contribution is -2.23. The number of nitro groups is 1. The number of nitrogens with zero attached hydrogens (tertiary/aromatic N) is 2. The summed E-state index contributed by atoms with van der Waals surface area (Å²) in [5.74, 6) is 0. The summed E-state index contributed by atoms with van der Waals surface area (Å²) in [6, 6.07) is 4.69. The van der Waals surface area contributed by atoms with E-state index in [1.54, 1.807) is 6.07 Å². The molecular formula is C12H17N3O2. The van der Waals surface area contributed by atoms with Crippen molar-refractivity contribution >= 4 is 17.1 Å². The first kappa shape index (κ1) is 11.7. The van der Waals surface area contributed by atoms with Crippen molar-refractivity contribution in [3.63, 3.8) is 0 Å². The Balaban J connectivity index is 2.26. The van der Waals surface area contributed by atoms with Gasteiger partial charge < -0.3 is 10.6 Å². The quantitative estimate of drug-likeness (QED) is 0.485. The fraction of sp³-hybridized carbons (Fsp3) is 0.500. The monoisotopic (exact) mass is 235 g/mol. The van der Waals surface area contributed by atoms with Gasteiger partial charge in [0.2, 0.25) is 0 Å². The van der Waals surface area contributed by atoms with Gasteiger partial charge in [0.1, 0.15) is 0 Å². The van der Waals surface area contributed by atoms with Gasteiger partial charge in [-0.3, -0.25) is 10.1 Å². The summed E-state index contributed by atoms with van der Waals surface area (Å²) in [4.78, 5) is 12.4. The van der Waals surface area contributed by atoms with Crippen molar-refractivity contribution < 1.29 is 4.92 Å². The highest BCUT2D eigenvalue weighted by Gasteiger charge is 2.30. The van der Waals surface area contributed by atoms with E-state index in [9.17, 15) is 10.1 Å². The van der Waals surface area contributed by atoms with Crippen molar-refractivity contribution in [2.45, 2.75) is 20.3 Å². The Hall–Kier alpha value is -1.78. The first-order valence-corrected chi connectivity index (χ1v) is 5.68. The molecule has 2 N–H and O–H groups in total. The minimum absolute atomic E-state index is 0.0460. The molecule has 0 amide bonds. The zero-order valence-corrected chi connectivity index (χ0v) is 10.1. The molecule has 0 atom stereocenters. The number of benzene rings is 1. The molecule has 1 heterocycles. The predicted octanol–water partition coefficient (Wildman–Crippen LogP) is 2.41. The van der Waals surface area contributed by atoms with Gasteiger partial charge in [0, 0.05) is 25.2 Å². The van der Waals surface area contributed by atoms with Gasteiger partial charge in [0.15, 0.2) is 0 Å². The summed E-state index contributed by atoms with van der Waals surface area (Å²) in [6.07, 6.45) is 1.11. The van der Waals surface area contributed by atoms with E-state index in [1.165, 1.54) is 12.1 Å². The Kier molecular flexibility index (Phi) is 2.69. The van der Waals surface area contributed by atoms with Gasteiger partial charge >= 0.3 is 0 Å². The van der Waals surface area contributed by atoms with Crippen LogP contribution in [0.2, 0.25) is 0 Å². The topological polar surface area (TPSA) is 72.4 Å². The molecule has 1 aliphatic heterocycles. The maximum atomic E-state index is 10.6. The molecular weight excluding hydrogens is 218 g/mol. The van der Waals surface area contributed by atoms with Crippen LogP contribution in [0.5, 0.6) is 0 Å². The van der Waals surface area contributed by atoms with Crippen LogP contribution in [0.25, 0.3) is 0 Å². The van der Waals surface area contributed by atoms with Crippen LogP contribution in [0.15, 0.2) is 18.2 Å². The molecule has 0 spiro atoms. The van der Waals surface area contributed by atoms with Gasteiger partial charge in [-0.2, -0.15) is 0 Å². The number of hydrogen-bond acceptors (Lipinski definition) is 4. The average molecular weight is 235 g/mol. The van der Waals surface area contributed by atoms with Crippen LogP contribution in [-0.2, 0) is 0 Å². The normalized spacial score (nSPS) is 18.4. The number of nitro benzene ring substituents is 1. The van der Waals surface area contributed by atoms with Crippen molar-refractivity contribution in [1.29, 1.82) is 0 Å². The van der Waals surface area contributed by atoms with Crippen LogP contribution in [-0.4, -0.2) is 18.0 Å². The lowest BCUT2D eigenvalue weighted by Gasteiger charge is -2.22. The molecule has 0 unspecified atom stereocenters. The van der Waals surface area contributed by atoms with Crippen LogP contribution < -0.4 is 10.6 Å². The number of non-ortho nitro benzene ring substituents is 1. The van der Waals surface area contributed by atoms with Crippen molar-refractivity contribution in [2.75, 3.05) is 23.7 Å². The van der Waals surface area contributed by atoms with Crippen molar-refractivity contribution in [3.8, 4) is 0 Å². The first-order valence-electron chi connectivity index (χ1n) is 5.68. The highest BCUT2D eigenvalue weighted by atomic mass is 16.6. The first-order chi connectivity index (χ1) is 7.89. The maximum Gasteiger partial charge on any atom is 0.271 e. The maximum absolute atomic E-state index is 10.6. The molecule has 1 aliphatic rings. The summed E-state index contributed by atoms with van der Waals surface area (Å²) in [6.45, 7) is 6.33. The Bertz CT molecular complexity index is 457. The number of rotatable bonds is 2. The predicted molar refractivity (Wildman–Crippen MR) is 68.1 cm³/mol. The SMILES string of the molecule is CC1(C)CCN(c2ccc([N+](=O)[O-])cc2N)C1. The van der Waals surface area contributed by atoms with E-state index >= 15 is 0 Å². The third kappa shape index (κ3) is 2.33. The van der Waals surface area contributed by atoms with Gasteiger partial charge in [-0.05, 0) is 17.9 Å². The van der Waals surface area contributed by atoms with Crippen molar-refractivity contribution in [2.24, 2.45) is 5.41 Å². The summed E-state index contributed by atoms with van der Waals surface area (Å²) in [5, 5.41) is 10.6. The second kappa shape index (κ2) is 3.91. The Morgan fingerprint density at radius 3 is 2.65 bits per heavy atom. The summed E-state index contributed by atoms with van der Waals surface area (Å²) in [5.41, 5.74) is 7.60. The Morgan fingerprint density at radius 1 is 1.47 bits per heavy atom. The summed E-state index contributed by atoms with van der Waals surface area (Å²) >= 11 is 0. The third-order valence-corrected chi connectivity index (χ3v) is 3.24. The molecule has 2 rings (SSSR count). The molecule has 5 nitrogen and oxygen atoms in total. The molecule has 1 aromatic rings. The zero-order valence-electron chi connectivity index (χ0n) is 10.1. The van der Waals surface area contributed by atoms with Crippen LogP contribution in [0.3, 0.4) is 0 Å². The minimum Gasteiger partial charge on any atom is -0.397 e. The van der Waals surface area contributed by atoms with Gasteiger partial charge in [-0.15, -0.1) is 0 Å².